The fourth-order valence-electron chi connectivity index (χ4n) is 2.09. The zero-order valence-electron chi connectivity index (χ0n) is 21.3. The first kappa shape index (κ1) is 41.6. The van der Waals surface area contributed by atoms with Gasteiger partial charge in [0.05, 0.1) is 60.6 Å². The Labute approximate surface area is 218 Å². The minimum absolute atomic E-state index is 0. The molecule has 0 saturated heterocycles. The van der Waals surface area contributed by atoms with E-state index in [1.54, 1.807) is 13.0 Å². The van der Waals surface area contributed by atoms with Crippen LogP contribution in [-0.2, 0) is 9.59 Å². The number of aliphatic imine (C=N–C) groups is 1. The first-order chi connectivity index (χ1) is 14.9. The van der Waals surface area contributed by atoms with Crippen LogP contribution in [-0.4, -0.2) is 75.3 Å². The van der Waals surface area contributed by atoms with Gasteiger partial charge in [0.1, 0.15) is 11.4 Å². The Balaban J connectivity index is -0.000000110. The monoisotopic (exact) mass is 516 g/mol. The van der Waals surface area contributed by atoms with Crippen LogP contribution in [0.15, 0.2) is 85.0 Å². The average molecular weight is 518 g/mol. The Bertz CT molecular complexity index is 714. The molecule has 2 N–H and O–H groups in total. The van der Waals surface area contributed by atoms with E-state index in [2.05, 4.69) is 71.8 Å². The Morgan fingerprint density at radius 3 is 1.44 bits per heavy atom. The maximum absolute atomic E-state index is 9.69. The Hall–Kier alpha value is -2.67. The van der Waals surface area contributed by atoms with Crippen molar-refractivity contribution in [2.75, 3.05) is 54.4 Å². The van der Waals surface area contributed by atoms with Crippen molar-refractivity contribution in [1.82, 2.24) is 0 Å². The van der Waals surface area contributed by atoms with E-state index in [-0.39, 0.29) is 24.8 Å². The second-order valence-corrected chi connectivity index (χ2v) is 7.93. The lowest BCUT2D eigenvalue weighted by molar-refractivity contribution is -0.878. The molecule has 194 valence electrons. The molecule has 34 heavy (non-hydrogen) atoms. The van der Waals surface area contributed by atoms with Crippen molar-refractivity contribution in [3.8, 4) is 0 Å². The molecule has 0 radical (unpaired) electrons. The van der Waals surface area contributed by atoms with Gasteiger partial charge in [-0.15, -0.1) is 0 Å². The highest BCUT2D eigenvalue weighted by atomic mass is 35.5. The van der Waals surface area contributed by atoms with E-state index in [4.69, 9.17) is 4.42 Å². The summed E-state index contributed by atoms with van der Waals surface area (Å²) in [7, 11) is 8.62. The minimum Gasteiger partial charge on any atom is -1.00 e. The molecule has 0 aliphatic heterocycles. The van der Waals surface area contributed by atoms with Crippen molar-refractivity contribution in [2.45, 2.75) is 6.92 Å². The van der Waals surface area contributed by atoms with Gasteiger partial charge in [-0.2, -0.15) is 4.99 Å². The Morgan fingerprint density at radius 2 is 1.26 bits per heavy atom. The highest BCUT2D eigenvalue weighted by molar-refractivity contribution is 5.84. The number of likely N-dealkylation sites (N-methyl/N-ethyl adjacent to an activating group) is 2. The van der Waals surface area contributed by atoms with Crippen LogP contribution in [0.25, 0.3) is 0 Å². The quantitative estimate of drug-likeness (QED) is 0.129. The van der Waals surface area contributed by atoms with Crippen LogP contribution in [0.3, 0.4) is 0 Å². The molecule has 0 saturated carbocycles. The summed E-state index contributed by atoms with van der Waals surface area (Å²) in [6.07, 6.45) is 11.7. The number of amides is 1. The molecule has 7 nitrogen and oxygen atoms in total. The van der Waals surface area contributed by atoms with E-state index >= 15 is 0 Å². The van der Waals surface area contributed by atoms with Gasteiger partial charge in [0.15, 0.2) is 0 Å². The molecule has 0 aliphatic carbocycles. The number of hydrogen-bond donors (Lipinski definition) is 1. The van der Waals surface area contributed by atoms with Gasteiger partial charge in [0, 0.05) is 6.07 Å². The third kappa shape index (κ3) is 29.3. The maximum Gasteiger partial charge on any atom is 0.240 e. The van der Waals surface area contributed by atoms with Crippen molar-refractivity contribution in [3.05, 3.63) is 81.4 Å². The SMILES string of the molecule is C=CC(N)=O.C=CC[N+](C)(C)CC=C.C=CC[N+](C)(C)CC=C.Cc1occc1N=C=O.[Cl-].[Cl-]. The number of rotatable bonds is 10. The van der Waals surface area contributed by atoms with Gasteiger partial charge in [-0.05, 0) is 37.3 Å². The summed E-state index contributed by atoms with van der Waals surface area (Å²) in [5.41, 5.74) is 5.08. The molecule has 1 amide bonds. The zero-order valence-corrected chi connectivity index (χ0v) is 22.8. The summed E-state index contributed by atoms with van der Waals surface area (Å²) in [4.78, 5) is 22.5. The van der Waals surface area contributed by atoms with Crippen LogP contribution in [0.4, 0.5) is 5.69 Å². The number of aryl methyl sites for hydroxylation is 1. The minimum atomic E-state index is -0.481. The number of nitrogens with two attached hydrogens (primary N) is 1. The number of quaternary nitrogens is 2. The smallest absolute Gasteiger partial charge is 0.240 e. The summed E-state index contributed by atoms with van der Waals surface area (Å²) in [6.45, 7) is 23.6. The summed E-state index contributed by atoms with van der Waals surface area (Å²) < 4.78 is 6.75. The average Bonchev–Trinajstić information content (AvgIpc) is 3.08. The van der Waals surface area contributed by atoms with E-state index < -0.39 is 5.91 Å². The predicted octanol–water partition coefficient (Wildman–Crippen LogP) is -1.91. The number of hydrogen-bond acceptors (Lipinski definition) is 4. The van der Waals surface area contributed by atoms with E-state index in [0.717, 1.165) is 41.2 Å². The standard InChI is InChI=1S/2C8H16N.C6H5NO2.C3H5NO.2ClH/c2*1-5-7-9(3,4)8-6-2;1-5-6(7-4-8)2-3-9-5;1-2-3(4)5;;/h2*5-6H,1-2,7-8H2,3-4H3;2-3H,1H3;2H,1H2,(H2,4,5);2*1H/q2*+1;;;;/p-2. The van der Waals surface area contributed by atoms with Crippen LogP contribution < -0.4 is 30.5 Å². The van der Waals surface area contributed by atoms with Crippen molar-refractivity contribution in [3.63, 3.8) is 0 Å². The second kappa shape index (κ2) is 25.0. The number of carbonyl (C=O) groups excluding carboxylic acids is 2. The predicted molar refractivity (Wildman–Crippen MR) is 135 cm³/mol. The number of isocyanates is 1. The first-order valence-corrected chi connectivity index (χ1v) is 9.97. The lowest BCUT2D eigenvalue weighted by atomic mass is 10.4. The van der Waals surface area contributed by atoms with Crippen molar-refractivity contribution >= 4 is 17.7 Å². The van der Waals surface area contributed by atoms with E-state index in [9.17, 15) is 9.59 Å². The molecule has 1 aromatic heterocycles. The summed E-state index contributed by atoms with van der Waals surface area (Å²) >= 11 is 0. The van der Waals surface area contributed by atoms with Gasteiger partial charge in [0.2, 0.25) is 12.0 Å². The van der Waals surface area contributed by atoms with Crippen LogP contribution in [0.5, 0.6) is 0 Å². The number of carbonyl (C=O) groups is 1. The molecular weight excluding hydrogens is 475 g/mol. The first-order valence-electron chi connectivity index (χ1n) is 9.97. The Kier molecular flexibility index (Phi) is 30.5. The van der Waals surface area contributed by atoms with E-state index in [1.165, 1.54) is 12.3 Å². The molecule has 0 aromatic carbocycles. The summed E-state index contributed by atoms with van der Waals surface area (Å²) in [5.74, 6) is 0.156. The van der Waals surface area contributed by atoms with Gasteiger partial charge in [0.25, 0.3) is 0 Å². The fraction of sp³-hybridized carbons (Fsp3) is 0.360. The molecule has 1 heterocycles. The highest BCUT2D eigenvalue weighted by Gasteiger charge is 2.08. The molecule has 0 spiro atoms. The van der Waals surface area contributed by atoms with E-state index in [1.807, 2.05) is 24.3 Å². The highest BCUT2D eigenvalue weighted by Crippen LogP contribution is 2.17. The Morgan fingerprint density at radius 1 is 0.941 bits per heavy atom. The van der Waals surface area contributed by atoms with Crippen LogP contribution in [0.2, 0.25) is 0 Å². The van der Waals surface area contributed by atoms with Gasteiger partial charge in [-0.1, -0.05) is 32.9 Å². The lowest BCUT2D eigenvalue weighted by Gasteiger charge is -2.26. The molecule has 1 rings (SSSR count). The summed E-state index contributed by atoms with van der Waals surface area (Å²) in [5, 5.41) is 0. The number of halogens is 2. The number of furan rings is 1. The largest absolute Gasteiger partial charge is 1.00 e. The van der Waals surface area contributed by atoms with Gasteiger partial charge in [-0.3, -0.25) is 4.79 Å². The molecule has 0 aliphatic rings. The lowest BCUT2D eigenvalue weighted by Crippen LogP contribution is -3.00. The van der Waals surface area contributed by atoms with Crippen LogP contribution >= 0.6 is 0 Å². The molecule has 0 fully saturated rings. The number of primary amides is 1. The molecule has 0 bridgehead atoms. The summed E-state index contributed by atoms with van der Waals surface area (Å²) in [6, 6.07) is 1.61. The van der Waals surface area contributed by atoms with Gasteiger partial charge >= 0.3 is 0 Å². The van der Waals surface area contributed by atoms with E-state index in [0.29, 0.717) is 11.4 Å². The molecule has 1 aromatic rings. The van der Waals surface area contributed by atoms with Crippen molar-refractivity contribution in [1.29, 1.82) is 0 Å². The normalized spacial score (nSPS) is 8.97. The topological polar surface area (TPSA) is 85.7 Å². The molecule has 0 unspecified atom stereocenters. The van der Waals surface area contributed by atoms with Crippen LogP contribution in [0, 0.1) is 6.92 Å². The molecular formula is C25H42Cl2N4O3. The fourth-order valence-corrected chi connectivity index (χ4v) is 2.09. The van der Waals surface area contributed by atoms with Crippen LogP contribution in [0.1, 0.15) is 5.76 Å². The second-order valence-electron chi connectivity index (χ2n) is 7.93. The van der Waals surface area contributed by atoms with Gasteiger partial charge < -0.3 is 43.9 Å². The van der Waals surface area contributed by atoms with Gasteiger partial charge in [-0.25, -0.2) is 4.79 Å². The molecule has 0 atom stereocenters. The van der Waals surface area contributed by atoms with Crippen molar-refractivity contribution < 1.29 is 47.8 Å². The third-order valence-electron chi connectivity index (χ3n) is 3.69. The molecule has 9 heteroatoms. The van der Waals surface area contributed by atoms with Crippen molar-refractivity contribution in [2.24, 2.45) is 10.7 Å². The third-order valence-corrected chi connectivity index (χ3v) is 3.69. The number of nitrogens with zero attached hydrogens (tertiary/aromatic N) is 3. The maximum atomic E-state index is 9.69. The zero-order chi connectivity index (χ0) is 25.6.